The zero-order valence-electron chi connectivity index (χ0n) is 8.21. The van der Waals surface area contributed by atoms with Crippen molar-refractivity contribution in [2.24, 2.45) is 0 Å². The number of allylic oxidation sites excluding steroid dienone is 1. The number of rotatable bonds is 3. The summed E-state index contributed by atoms with van der Waals surface area (Å²) >= 11 is 3.74. The van der Waals surface area contributed by atoms with Gasteiger partial charge in [-0.25, -0.2) is 0 Å². The lowest BCUT2D eigenvalue weighted by Gasteiger charge is -2.28. The number of ketones is 1. The van der Waals surface area contributed by atoms with Crippen molar-refractivity contribution in [1.29, 1.82) is 0 Å². The molecule has 0 aromatic rings. The molecule has 1 saturated heterocycles. The number of thioether (sulfide) groups is 2. The molecule has 0 N–H and O–H groups in total. The highest BCUT2D eigenvalue weighted by atomic mass is 32.2. The second kappa shape index (κ2) is 5.11. The third-order valence-corrected chi connectivity index (χ3v) is 5.38. The third kappa shape index (κ3) is 2.78. The van der Waals surface area contributed by atoms with Gasteiger partial charge in [0.25, 0.3) is 0 Å². The van der Waals surface area contributed by atoms with E-state index < -0.39 is 0 Å². The summed E-state index contributed by atoms with van der Waals surface area (Å²) in [6, 6.07) is 0. The van der Waals surface area contributed by atoms with E-state index in [2.05, 4.69) is 13.5 Å². The van der Waals surface area contributed by atoms with Crippen LogP contribution in [0.1, 0.15) is 20.3 Å². The quantitative estimate of drug-likeness (QED) is 0.675. The van der Waals surface area contributed by atoms with Gasteiger partial charge in [-0.2, -0.15) is 11.8 Å². The fourth-order valence-electron chi connectivity index (χ4n) is 1.39. The van der Waals surface area contributed by atoms with Gasteiger partial charge in [0, 0.05) is 16.8 Å². The molecule has 0 radical (unpaired) electrons. The van der Waals surface area contributed by atoms with E-state index in [-0.39, 0.29) is 11.0 Å². The van der Waals surface area contributed by atoms with Gasteiger partial charge in [0.1, 0.15) is 0 Å². The average molecular weight is 216 g/mol. The van der Waals surface area contributed by atoms with Crippen molar-refractivity contribution in [1.82, 2.24) is 0 Å². The summed E-state index contributed by atoms with van der Waals surface area (Å²) in [4.78, 5) is 11.7. The lowest BCUT2D eigenvalue weighted by molar-refractivity contribution is -0.115. The van der Waals surface area contributed by atoms with E-state index >= 15 is 0 Å². The molecular weight excluding hydrogens is 200 g/mol. The lowest BCUT2D eigenvalue weighted by atomic mass is 10.1. The molecule has 0 aromatic heterocycles. The van der Waals surface area contributed by atoms with E-state index in [1.54, 1.807) is 11.8 Å². The van der Waals surface area contributed by atoms with Crippen LogP contribution in [0, 0.1) is 0 Å². The molecule has 1 aliphatic rings. The van der Waals surface area contributed by atoms with Crippen LogP contribution in [0.5, 0.6) is 0 Å². The van der Waals surface area contributed by atoms with Gasteiger partial charge in [0.05, 0.1) is 5.25 Å². The Hall–Kier alpha value is 0.110. The molecule has 13 heavy (non-hydrogen) atoms. The zero-order valence-corrected chi connectivity index (χ0v) is 9.84. The third-order valence-electron chi connectivity index (χ3n) is 2.13. The molecule has 0 spiro atoms. The van der Waals surface area contributed by atoms with Crippen molar-refractivity contribution in [3.8, 4) is 0 Å². The van der Waals surface area contributed by atoms with Crippen LogP contribution in [0.4, 0.5) is 0 Å². The SMILES string of the molecule is C=C(C)C(=O)C1SCCSC1CC. The summed E-state index contributed by atoms with van der Waals surface area (Å²) in [6.07, 6.45) is 1.08. The molecule has 1 rings (SSSR count). The maximum atomic E-state index is 11.7. The highest BCUT2D eigenvalue weighted by Crippen LogP contribution is 2.34. The highest BCUT2D eigenvalue weighted by Gasteiger charge is 2.30. The lowest BCUT2D eigenvalue weighted by Crippen LogP contribution is -2.33. The number of carbonyl (C=O) groups is 1. The van der Waals surface area contributed by atoms with E-state index in [0.717, 1.165) is 12.2 Å². The second-order valence-electron chi connectivity index (χ2n) is 3.25. The minimum absolute atomic E-state index is 0.168. The first kappa shape index (κ1) is 11.2. The Balaban J connectivity index is 2.64. The molecule has 0 saturated carbocycles. The van der Waals surface area contributed by atoms with Gasteiger partial charge in [0.2, 0.25) is 0 Å². The van der Waals surface area contributed by atoms with Crippen LogP contribution in [0.15, 0.2) is 12.2 Å². The summed E-state index contributed by atoms with van der Waals surface area (Å²) in [5.74, 6) is 2.54. The Bertz CT molecular complexity index is 213. The number of hydrogen-bond donors (Lipinski definition) is 0. The van der Waals surface area contributed by atoms with Gasteiger partial charge in [0.15, 0.2) is 5.78 Å². The van der Waals surface area contributed by atoms with Gasteiger partial charge in [-0.1, -0.05) is 13.5 Å². The molecule has 3 heteroatoms. The topological polar surface area (TPSA) is 17.1 Å². The molecule has 0 aliphatic carbocycles. The summed E-state index contributed by atoms with van der Waals surface area (Å²) in [5, 5.41) is 0.671. The molecule has 0 amide bonds. The molecule has 74 valence electrons. The molecule has 1 heterocycles. The summed E-state index contributed by atoms with van der Waals surface area (Å²) in [6.45, 7) is 7.70. The molecule has 0 bridgehead atoms. The standard InChI is InChI=1S/C10H16OS2/c1-4-8-10(9(11)7(2)3)13-6-5-12-8/h8,10H,2,4-6H2,1,3H3. The maximum absolute atomic E-state index is 11.7. The van der Waals surface area contributed by atoms with Gasteiger partial charge >= 0.3 is 0 Å². The van der Waals surface area contributed by atoms with Crippen molar-refractivity contribution in [2.45, 2.75) is 30.8 Å². The van der Waals surface area contributed by atoms with Crippen LogP contribution in [-0.2, 0) is 4.79 Å². The van der Waals surface area contributed by atoms with E-state index in [9.17, 15) is 4.79 Å². The molecule has 1 fully saturated rings. The van der Waals surface area contributed by atoms with Crippen LogP contribution in [0.25, 0.3) is 0 Å². The first-order valence-electron chi connectivity index (χ1n) is 4.59. The smallest absolute Gasteiger partial charge is 0.172 e. The maximum Gasteiger partial charge on any atom is 0.172 e. The normalized spacial score (nSPS) is 28.5. The molecule has 1 aliphatic heterocycles. The van der Waals surface area contributed by atoms with Crippen molar-refractivity contribution >= 4 is 29.3 Å². The van der Waals surface area contributed by atoms with Crippen LogP contribution in [-0.4, -0.2) is 27.8 Å². The van der Waals surface area contributed by atoms with E-state index in [1.165, 1.54) is 5.75 Å². The molecule has 2 atom stereocenters. The molecule has 1 nitrogen and oxygen atoms in total. The van der Waals surface area contributed by atoms with E-state index in [4.69, 9.17) is 0 Å². The molecular formula is C10H16OS2. The highest BCUT2D eigenvalue weighted by molar-refractivity contribution is 8.07. The summed E-state index contributed by atoms with van der Waals surface area (Å²) in [5.41, 5.74) is 0.707. The van der Waals surface area contributed by atoms with E-state index in [0.29, 0.717) is 10.8 Å². The van der Waals surface area contributed by atoms with Crippen molar-refractivity contribution in [2.75, 3.05) is 11.5 Å². The zero-order chi connectivity index (χ0) is 9.84. The first-order valence-corrected chi connectivity index (χ1v) is 6.69. The number of Topliss-reactive ketones (excluding diaryl/α,β-unsaturated/α-hetero) is 1. The van der Waals surface area contributed by atoms with Gasteiger partial charge in [-0.05, 0) is 18.9 Å². The average Bonchev–Trinajstić information content (AvgIpc) is 2.16. The molecule has 0 aromatic carbocycles. The predicted molar refractivity (Wildman–Crippen MR) is 62.6 cm³/mol. The monoisotopic (exact) mass is 216 g/mol. The summed E-state index contributed by atoms with van der Waals surface area (Å²) in [7, 11) is 0. The Kier molecular flexibility index (Phi) is 4.39. The fraction of sp³-hybridized carbons (Fsp3) is 0.700. The van der Waals surface area contributed by atoms with Crippen molar-refractivity contribution < 1.29 is 4.79 Å². The van der Waals surface area contributed by atoms with Gasteiger partial charge in [-0.15, -0.1) is 11.8 Å². The Morgan fingerprint density at radius 1 is 1.46 bits per heavy atom. The Labute approximate surface area is 88.7 Å². The minimum Gasteiger partial charge on any atom is -0.293 e. The van der Waals surface area contributed by atoms with Crippen LogP contribution in [0.3, 0.4) is 0 Å². The number of hydrogen-bond acceptors (Lipinski definition) is 3. The minimum atomic E-state index is 0.168. The number of carbonyl (C=O) groups excluding carboxylic acids is 1. The van der Waals surface area contributed by atoms with Crippen molar-refractivity contribution in [3.05, 3.63) is 12.2 Å². The van der Waals surface area contributed by atoms with E-state index in [1.807, 2.05) is 18.7 Å². The largest absolute Gasteiger partial charge is 0.293 e. The summed E-state index contributed by atoms with van der Waals surface area (Å²) < 4.78 is 0. The Morgan fingerprint density at radius 3 is 2.62 bits per heavy atom. The first-order chi connectivity index (χ1) is 6.16. The van der Waals surface area contributed by atoms with Crippen LogP contribution < -0.4 is 0 Å². The second-order valence-corrected chi connectivity index (χ2v) is 5.85. The van der Waals surface area contributed by atoms with Gasteiger partial charge < -0.3 is 0 Å². The van der Waals surface area contributed by atoms with Crippen LogP contribution >= 0.6 is 23.5 Å². The fourth-order valence-corrected chi connectivity index (χ4v) is 4.48. The van der Waals surface area contributed by atoms with Crippen LogP contribution in [0.2, 0.25) is 0 Å². The Morgan fingerprint density at radius 2 is 2.08 bits per heavy atom. The van der Waals surface area contributed by atoms with Gasteiger partial charge in [-0.3, -0.25) is 4.79 Å². The molecule has 2 unspecified atom stereocenters. The predicted octanol–water partition coefficient (Wildman–Crippen LogP) is 2.76. The van der Waals surface area contributed by atoms with Crippen molar-refractivity contribution in [3.63, 3.8) is 0 Å².